The number of carbonyl (C=O) groups is 2. The van der Waals surface area contributed by atoms with Gasteiger partial charge in [0, 0.05) is 29.3 Å². The van der Waals surface area contributed by atoms with Crippen LogP contribution in [0, 0.1) is 0 Å². The number of hydrogen-bond acceptors (Lipinski definition) is 3. The van der Waals surface area contributed by atoms with Crippen molar-refractivity contribution in [2.45, 2.75) is 18.9 Å². The Kier molecular flexibility index (Phi) is 4.89. The maximum atomic E-state index is 12.8. The zero-order chi connectivity index (χ0) is 19.5. The van der Waals surface area contributed by atoms with Gasteiger partial charge in [0.2, 0.25) is 5.91 Å². The van der Waals surface area contributed by atoms with Crippen LogP contribution in [0.1, 0.15) is 28.8 Å². The number of aromatic nitrogens is 1. The lowest BCUT2D eigenvalue weighted by Crippen LogP contribution is -2.39. The van der Waals surface area contributed by atoms with Crippen molar-refractivity contribution in [1.29, 1.82) is 0 Å². The molecule has 1 aliphatic heterocycles. The number of amides is 1. The Labute approximate surface area is 162 Å². The highest BCUT2D eigenvalue weighted by Crippen LogP contribution is 2.22. The number of pyridine rings is 1. The summed E-state index contributed by atoms with van der Waals surface area (Å²) in [5, 5.41) is 0.896. The lowest BCUT2D eigenvalue weighted by molar-refractivity contribution is -0.126. The number of nitrogens with zero attached hydrogens (tertiary/aromatic N) is 1. The molecule has 0 radical (unpaired) electrons. The number of para-hydroxylation sites is 1. The van der Waals surface area contributed by atoms with Crippen LogP contribution in [0.5, 0.6) is 0 Å². The topological polar surface area (TPSA) is 70.2 Å². The number of ketones is 1. The minimum Gasteiger partial charge on any atom is -0.329 e. The average molecular weight is 372 g/mol. The summed E-state index contributed by atoms with van der Waals surface area (Å²) in [4.78, 5) is 42.1. The average Bonchev–Trinajstić information content (AvgIpc) is 3.22. The lowest BCUT2D eigenvalue weighted by atomic mass is 10.0. The molecule has 2 aromatic carbocycles. The zero-order valence-corrected chi connectivity index (χ0v) is 15.3. The van der Waals surface area contributed by atoms with Gasteiger partial charge in [0.25, 0.3) is 5.56 Å². The third kappa shape index (κ3) is 3.51. The van der Waals surface area contributed by atoms with E-state index in [0.717, 1.165) is 17.3 Å². The molecule has 1 saturated heterocycles. The molecule has 0 spiro atoms. The third-order valence-electron chi connectivity index (χ3n) is 5.08. The van der Waals surface area contributed by atoms with Crippen molar-refractivity contribution < 1.29 is 9.59 Å². The van der Waals surface area contributed by atoms with Crippen LogP contribution in [0.3, 0.4) is 0 Å². The summed E-state index contributed by atoms with van der Waals surface area (Å²) in [5.74, 6) is -0.289. The summed E-state index contributed by atoms with van der Waals surface area (Å²) in [5.41, 5.74) is 1.53. The van der Waals surface area contributed by atoms with Gasteiger partial charge in [-0.05, 0) is 36.4 Å². The van der Waals surface area contributed by atoms with Gasteiger partial charge in [0.15, 0.2) is 5.78 Å². The first kappa shape index (κ1) is 17.9. The number of aromatic amines is 1. The molecule has 1 N–H and O–H groups in total. The predicted octanol–water partition coefficient (Wildman–Crippen LogP) is 3.42. The van der Waals surface area contributed by atoms with Crippen LogP contribution in [0.4, 0.5) is 0 Å². The van der Waals surface area contributed by atoms with Gasteiger partial charge in [-0.1, -0.05) is 48.5 Å². The molecule has 0 aliphatic carbocycles. The van der Waals surface area contributed by atoms with Gasteiger partial charge in [-0.2, -0.15) is 0 Å². The predicted molar refractivity (Wildman–Crippen MR) is 109 cm³/mol. The van der Waals surface area contributed by atoms with Crippen LogP contribution in [-0.4, -0.2) is 34.2 Å². The van der Waals surface area contributed by atoms with Crippen molar-refractivity contribution >= 4 is 28.7 Å². The second-order valence-corrected chi connectivity index (χ2v) is 6.89. The molecule has 2 heterocycles. The maximum absolute atomic E-state index is 12.8. The number of rotatable bonds is 4. The van der Waals surface area contributed by atoms with Crippen molar-refractivity contribution in [2.24, 2.45) is 0 Å². The van der Waals surface area contributed by atoms with E-state index in [2.05, 4.69) is 4.98 Å². The molecule has 1 aliphatic rings. The summed E-state index contributed by atoms with van der Waals surface area (Å²) in [7, 11) is 0. The Bertz CT molecular complexity index is 1120. The van der Waals surface area contributed by atoms with Gasteiger partial charge < -0.3 is 9.88 Å². The first-order valence-corrected chi connectivity index (χ1v) is 9.33. The fraction of sp³-hybridized carbons (Fsp3) is 0.174. The highest BCUT2D eigenvalue weighted by Gasteiger charge is 2.33. The van der Waals surface area contributed by atoms with E-state index in [4.69, 9.17) is 0 Å². The van der Waals surface area contributed by atoms with Gasteiger partial charge in [-0.25, -0.2) is 0 Å². The number of hydrogen-bond donors (Lipinski definition) is 1. The minimum atomic E-state index is -0.450. The number of carbonyl (C=O) groups excluding carboxylic acids is 2. The Morgan fingerprint density at radius 1 is 1.04 bits per heavy atom. The van der Waals surface area contributed by atoms with E-state index in [0.29, 0.717) is 24.1 Å². The quantitative estimate of drug-likeness (QED) is 0.564. The molecule has 5 nitrogen and oxygen atoms in total. The number of Topliss-reactive ketones (excluding diaryl/α,β-unsaturated/α-hetero) is 1. The Morgan fingerprint density at radius 2 is 1.79 bits per heavy atom. The number of nitrogens with one attached hydrogen (secondary N) is 1. The van der Waals surface area contributed by atoms with Gasteiger partial charge in [-0.15, -0.1) is 0 Å². The van der Waals surface area contributed by atoms with E-state index >= 15 is 0 Å². The molecule has 28 heavy (non-hydrogen) atoms. The first-order valence-electron chi connectivity index (χ1n) is 9.33. The highest BCUT2D eigenvalue weighted by molar-refractivity contribution is 6.04. The van der Waals surface area contributed by atoms with Gasteiger partial charge >= 0.3 is 0 Å². The molecule has 1 aromatic heterocycles. The Balaban J connectivity index is 1.55. The molecule has 1 unspecified atom stereocenters. The molecular weight excluding hydrogens is 352 g/mol. The first-order chi connectivity index (χ1) is 13.6. The summed E-state index contributed by atoms with van der Waals surface area (Å²) in [6, 6.07) is 17.8. The number of benzene rings is 2. The van der Waals surface area contributed by atoms with Gasteiger partial charge in [-0.3, -0.25) is 14.4 Å². The van der Waals surface area contributed by atoms with E-state index < -0.39 is 6.04 Å². The molecule has 140 valence electrons. The van der Waals surface area contributed by atoms with Crippen molar-refractivity contribution in [1.82, 2.24) is 9.88 Å². The SMILES string of the molecule is O=C(c1ccccc1)C1CCCN1C(=O)/C=C/c1cc2ccccc2[nH]c1=O. The standard InChI is InChI=1S/C23H20N2O3/c26-21(13-12-18-15-17-9-4-5-10-19(17)24-23(18)28)25-14-6-11-20(25)22(27)16-7-2-1-3-8-16/h1-5,7-10,12-13,15,20H,6,11,14H2,(H,24,28)/b13-12+. The number of H-pyrrole nitrogens is 1. The van der Waals surface area contributed by atoms with Crippen molar-refractivity contribution in [3.8, 4) is 0 Å². The number of likely N-dealkylation sites (tertiary alicyclic amines) is 1. The van der Waals surface area contributed by atoms with Crippen LogP contribution in [0.15, 0.2) is 71.5 Å². The highest BCUT2D eigenvalue weighted by atomic mass is 16.2. The van der Waals surface area contributed by atoms with Crippen LogP contribution < -0.4 is 5.56 Å². The molecule has 4 rings (SSSR count). The van der Waals surface area contributed by atoms with Gasteiger partial charge in [0.1, 0.15) is 0 Å². The molecule has 1 atom stereocenters. The lowest BCUT2D eigenvalue weighted by Gasteiger charge is -2.22. The molecule has 0 bridgehead atoms. The molecule has 1 amide bonds. The molecule has 3 aromatic rings. The second-order valence-electron chi connectivity index (χ2n) is 6.89. The summed E-state index contributed by atoms with van der Waals surface area (Å²) >= 11 is 0. The van der Waals surface area contributed by atoms with E-state index in [1.54, 1.807) is 23.1 Å². The molecule has 0 saturated carbocycles. The number of fused-ring (bicyclic) bond motifs is 1. The van der Waals surface area contributed by atoms with E-state index in [9.17, 15) is 14.4 Å². The second kappa shape index (κ2) is 7.64. The Morgan fingerprint density at radius 3 is 2.61 bits per heavy atom. The minimum absolute atomic E-state index is 0.0385. The monoisotopic (exact) mass is 372 g/mol. The molecule has 1 fully saturated rings. The Hall–Kier alpha value is -3.47. The largest absolute Gasteiger partial charge is 0.329 e. The molecule has 5 heteroatoms. The normalized spacial score (nSPS) is 16.7. The van der Waals surface area contributed by atoms with Crippen molar-refractivity contribution in [2.75, 3.05) is 6.54 Å². The maximum Gasteiger partial charge on any atom is 0.255 e. The summed E-state index contributed by atoms with van der Waals surface area (Å²) in [6.45, 7) is 0.542. The zero-order valence-electron chi connectivity index (χ0n) is 15.3. The summed E-state index contributed by atoms with van der Waals surface area (Å²) < 4.78 is 0. The van der Waals surface area contributed by atoms with E-state index in [1.165, 1.54) is 12.2 Å². The summed E-state index contributed by atoms with van der Waals surface area (Å²) in [6.07, 6.45) is 4.36. The van der Waals surface area contributed by atoms with E-state index in [-0.39, 0.29) is 17.2 Å². The van der Waals surface area contributed by atoms with Crippen molar-refractivity contribution in [3.63, 3.8) is 0 Å². The smallest absolute Gasteiger partial charge is 0.255 e. The van der Waals surface area contributed by atoms with Crippen LogP contribution >= 0.6 is 0 Å². The van der Waals surface area contributed by atoms with E-state index in [1.807, 2.05) is 42.5 Å². The van der Waals surface area contributed by atoms with Crippen LogP contribution in [-0.2, 0) is 4.79 Å². The van der Waals surface area contributed by atoms with Crippen LogP contribution in [0.25, 0.3) is 17.0 Å². The fourth-order valence-corrected chi connectivity index (χ4v) is 3.64. The molecular formula is C23H20N2O3. The van der Waals surface area contributed by atoms with Crippen LogP contribution in [0.2, 0.25) is 0 Å². The van der Waals surface area contributed by atoms with Gasteiger partial charge in [0.05, 0.1) is 6.04 Å². The fourth-order valence-electron chi connectivity index (χ4n) is 3.64. The third-order valence-corrected chi connectivity index (χ3v) is 5.08. The van der Waals surface area contributed by atoms with Crippen molar-refractivity contribution in [3.05, 3.63) is 88.2 Å².